The lowest BCUT2D eigenvalue weighted by Crippen LogP contribution is -2.38. The Morgan fingerprint density at radius 2 is 2.11 bits per heavy atom. The SMILES string of the molecule is COC(=O)C(Nc1ccc(Cl)cc1)C1CC=CCC1. The van der Waals surface area contributed by atoms with Crippen LogP contribution in [-0.2, 0) is 9.53 Å². The minimum atomic E-state index is -0.309. The molecule has 0 aliphatic heterocycles. The first-order valence-electron chi connectivity index (χ1n) is 6.45. The number of hydrogen-bond donors (Lipinski definition) is 1. The summed E-state index contributed by atoms with van der Waals surface area (Å²) in [4.78, 5) is 11.9. The van der Waals surface area contributed by atoms with Crippen molar-refractivity contribution in [2.75, 3.05) is 12.4 Å². The highest BCUT2D eigenvalue weighted by molar-refractivity contribution is 6.30. The summed E-state index contributed by atoms with van der Waals surface area (Å²) in [5, 5.41) is 3.94. The van der Waals surface area contributed by atoms with Gasteiger partial charge < -0.3 is 10.1 Å². The molecule has 2 atom stereocenters. The third-order valence-corrected chi connectivity index (χ3v) is 3.65. The quantitative estimate of drug-likeness (QED) is 0.675. The number of allylic oxidation sites excluding steroid dienone is 2. The number of halogens is 1. The molecule has 0 spiro atoms. The van der Waals surface area contributed by atoms with Gasteiger partial charge in [0.25, 0.3) is 0 Å². The first-order chi connectivity index (χ1) is 9.20. The highest BCUT2D eigenvalue weighted by Crippen LogP contribution is 2.25. The molecule has 0 heterocycles. The molecule has 0 saturated heterocycles. The zero-order valence-corrected chi connectivity index (χ0v) is 11.7. The topological polar surface area (TPSA) is 38.3 Å². The van der Waals surface area contributed by atoms with Gasteiger partial charge in [0, 0.05) is 10.7 Å². The van der Waals surface area contributed by atoms with Crippen LogP contribution in [0.1, 0.15) is 19.3 Å². The van der Waals surface area contributed by atoms with Crippen LogP contribution in [0, 0.1) is 5.92 Å². The lowest BCUT2D eigenvalue weighted by atomic mass is 9.87. The third kappa shape index (κ3) is 3.74. The van der Waals surface area contributed by atoms with Crippen molar-refractivity contribution in [2.24, 2.45) is 5.92 Å². The Kier molecular flexibility index (Phi) is 4.86. The molecule has 3 nitrogen and oxygen atoms in total. The second kappa shape index (κ2) is 6.62. The van der Waals surface area contributed by atoms with Crippen LogP contribution in [0.25, 0.3) is 0 Å². The van der Waals surface area contributed by atoms with Gasteiger partial charge in [-0.15, -0.1) is 0 Å². The minimum Gasteiger partial charge on any atom is -0.467 e. The predicted octanol–water partition coefficient (Wildman–Crippen LogP) is 3.65. The molecule has 0 amide bonds. The number of carbonyl (C=O) groups is 1. The van der Waals surface area contributed by atoms with Gasteiger partial charge in [-0.05, 0) is 49.4 Å². The smallest absolute Gasteiger partial charge is 0.328 e. The number of anilines is 1. The van der Waals surface area contributed by atoms with Crippen molar-refractivity contribution in [3.8, 4) is 0 Å². The van der Waals surface area contributed by atoms with Gasteiger partial charge in [0.05, 0.1) is 7.11 Å². The van der Waals surface area contributed by atoms with Crippen LogP contribution in [0.15, 0.2) is 36.4 Å². The lowest BCUT2D eigenvalue weighted by molar-refractivity contribution is -0.142. The van der Waals surface area contributed by atoms with Crippen molar-refractivity contribution in [3.05, 3.63) is 41.4 Å². The lowest BCUT2D eigenvalue weighted by Gasteiger charge is -2.27. The van der Waals surface area contributed by atoms with Crippen molar-refractivity contribution in [3.63, 3.8) is 0 Å². The Hall–Kier alpha value is -1.48. The van der Waals surface area contributed by atoms with E-state index in [1.165, 1.54) is 7.11 Å². The second-order valence-electron chi connectivity index (χ2n) is 4.70. The van der Waals surface area contributed by atoms with Crippen LogP contribution in [0.3, 0.4) is 0 Å². The van der Waals surface area contributed by atoms with Crippen LogP contribution in [-0.4, -0.2) is 19.1 Å². The van der Waals surface area contributed by atoms with Crippen LogP contribution < -0.4 is 5.32 Å². The van der Waals surface area contributed by atoms with Crippen molar-refractivity contribution in [2.45, 2.75) is 25.3 Å². The number of nitrogens with one attached hydrogen (secondary N) is 1. The molecule has 4 heteroatoms. The Balaban J connectivity index is 2.11. The Labute approximate surface area is 118 Å². The standard InChI is InChI=1S/C15H18ClNO2/c1-19-15(18)14(11-5-3-2-4-6-11)17-13-9-7-12(16)8-10-13/h2-3,7-11,14,17H,4-6H2,1H3. The van der Waals surface area contributed by atoms with Gasteiger partial charge in [0.1, 0.15) is 6.04 Å². The number of benzene rings is 1. The maximum Gasteiger partial charge on any atom is 0.328 e. The van der Waals surface area contributed by atoms with Gasteiger partial charge in [-0.1, -0.05) is 23.8 Å². The Bertz CT molecular complexity index is 456. The Morgan fingerprint density at radius 1 is 1.37 bits per heavy atom. The molecule has 0 radical (unpaired) electrons. The average Bonchev–Trinajstić information content (AvgIpc) is 2.47. The molecule has 0 fully saturated rings. The summed E-state index contributed by atoms with van der Waals surface area (Å²) in [5.41, 5.74) is 0.884. The summed E-state index contributed by atoms with van der Waals surface area (Å²) in [6, 6.07) is 7.04. The van der Waals surface area contributed by atoms with Gasteiger partial charge in [0.2, 0.25) is 0 Å². The highest BCUT2D eigenvalue weighted by atomic mass is 35.5. The summed E-state index contributed by atoms with van der Waals surface area (Å²) in [7, 11) is 1.43. The molecule has 19 heavy (non-hydrogen) atoms. The maximum atomic E-state index is 11.9. The van der Waals surface area contributed by atoms with Gasteiger partial charge in [-0.25, -0.2) is 4.79 Å². The van der Waals surface area contributed by atoms with E-state index in [0.717, 1.165) is 24.9 Å². The number of methoxy groups -OCH3 is 1. The number of ether oxygens (including phenoxy) is 1. The van der Waals surface area contributed by atoms with Crippen molar-refractivity contribution < 1.29 is 9.53 Å². The fourth-order valence-corrected chi connectivity index (χ4v) is 2.47. The maximum absolute atomic E-state index is 11.9. The zero-order chi connectivity index (χ0) is 13.7. The van der Waals surface area contributed by atoms with E-state index in [2.05, 4.69) is 17.5 Å². The molecule has 0 aromatic heterocycles. The molecule has 102 valence electrons. The second-order valence-corrected chi connectivity index (χ2v) is 5.13. The first kappa shape index (κ1) is 13.9. The normalized spacial score (nSPS) is 19.8. The van der Waals surface area contributed by atoms with E-state index in [4.69, 9.17) is 16.3 Å². The molecular formula is C15H18ClNO2. The molecule has 1 aromatic rings. The van der Waals surface area contributed by atoms with E-state index in [1.807, 2.05) is 12.1 Å². The minimum absolute atomic E-state index is 0.213. The van der Waals surface area contributed by atoms with Crippen molar-refractivity contribution in [1.29, 1.82) is 0 Å². The monoisotopic (exact) mass is 279 g/mol. The summed E-state index contributed by atoms with van der Waals surface area (Å²) in [5.74, 6) is 0.0587. The molecule has 1 N–H and O–H groups in total. The highest BCUT2D eigenvalue weighted by Gasteiger charge is 2.28. The summed E-state index contributed by atoms with van der Waals surface area (Å²) in [6.45, 7) is 0. The van der Waals surface area contributed by atoms with E-state index in [0.29, 0.717) is 5.02 Å². The predicted molar refractivity (Wildman–Crippen MR) is 77.4 cm³/mol. The molecule has 1 aliphatic rings. The summed E-state index contributed by atoms with van der Waals surface area (Å²) in [6.07, 6.45) is 7.21. The molecule has 1 aromatic carbocycles. The summed E-state index contributed by atoms with van der Waals surface area (Å²) >= 11 is 5.86. The number of carbonyl (C=O) groups excluding carboxylic acids is 1. The molecule has 1 aliphatic carbocycles. The first-order valence-corrected chi connectivity index (χ1v) is 6.83. The fourth-order valence-electron chi connectivity index (χ4n) is 2.34. The molecule has 2 rings (SSSR count). The van der Waals surface area contributed by atoms with E-state index in [1.54, 1.807) is 12.1 Å². The van der Waals surface area contributed by atoms with Gasteiger partial charge >= 0.3 is 5.97 Å². The van der Waals surface area contributed by atoms with E-state index in [9.17, 15) is 4.79 Å². The van der Waals surface area contributed by atoms with E-state index < -0.39 is 0 Å². The molecular weight excluding hydrogens is 262 g/mol. The average molecular weight is 280 g/mol. The van der Waals surface area contributed by atoms with Crippen molar-refractivity contribution >= 4 is 23.3 Å². The van der Waals surface area contributed by atoms with Gasteiger partial charge in [-0.3, -0.25) is 0 Å². The van der Waals surface area contributed by atoms with Crippen LogP contribution in [0.2, 0.25) is 5.02 Å². The third-order valence-electron chi connectivity index (χ3n) is 3.40. The molecule has 0 saturated carbocycles. The molecule has 2 unspecified atom stereocenters. The van der Waals surface area contributed by atoms with Gasteiger partial charge in [-0.2, -0.15) is 0 Å². The summed E-state index contributed by atoms with van der Waals surface area (Å²) < 4.78 is 4.91. The Morgan fingerprint density at radius 3 is 2.68 bits per heavy atom. The van der Waals surface area contributed by atoms with Crippen LogP contribution in [0.4, 0.5) is 5.69 Å². The van der Waals surface area contributed by atoms with E-state index in [-0.39, 0.29) is 17.9 Å². The van der Waals surface area contributed by atoms with E-state index >= 15 is 0 Å². The fraction of sp³-hybridized carbons (Fsp3) is 0.400. The van der Waals surface area contributed by atoms with Crippen LogP contribution in [0.5, 0.6) is 0 Å². The number of hydrogen-bond acceptors (Lipinski definition) is 3. The largest absolute Gasteiger partial charge is 0.467 e. The van der Waals surface area contributed by atoms with Gasteiger partial charge in [0.15, 0.2) is 0 Å². The number of rotatable bonds is 4. The van der Waals surface area contributed by atoms with Crippen molar-refractivity contribution in [1.82, 2.24) is 0 Å². The molecule has 0 bridgehead atoms. The van der Waals surface area contributed by atoms with Crippen LogP contribution >= 0.6 is 11.6 Å². The zero-order valence-electron chi connectivity index (χ0n) is 10.9. The number of esters is 1.